The van der Waals surface area contributed by atoms with Crippen molar-refractivity contribution in [2.75, 3.05) is 19.8 Å². The van der Waals surface area contributed by atoms with Gasteiger partial charge in [0.05, 0.1) is 76.9 Å². The molecule has 8 rings (SSSR count). The predicted molar refractivity (Wildman–Crippen MR) is 256 cm³/mol. The van der Waals surface area contributed by atoms with E-state index in [2.05, 4.69) is 31.9 Å². The van der Waals surface area contributed by atoms with E-state index in [0.717, 1.165) is 5.56 Å². The maximum atomic E-state index is 13.3. The fourth-order valence-corrected chi connectivity index (χ4v) is 8.86. The van der Waals surface area contributed by atoms with Crippen molar-refractivity contribution in [2.24, 2.45) is 0 Å². The van der Waals surface area contributed by atoms with Crippen LogP contribution in [0.4, 0.5) is 62.3 Å². The summed E-state index contributed by atoms with van der Waals surface area (Å²) in [6.07, 6.45) is -21.5. The van der Waals surface area contributed by atoms with Gasteiger partial charge in [-0.05, 0) is 85.3 Å². The standard InChI is InChI=1S/C23H21F6N3O3.C23H23F6N3O2.2Al.3ClH.Li.4H/c1-12(13-7-15(22(24,25)26)9-16(8-13)23(27,28)29)35-11-21(14-5-3-2-4-6-14)10-17-18(19(33)32-21)31-20(34)30-17;1-13(14-7-16(22(24,25)26)9-17(8-14)23(27,28)29)34-12-21(15-5-3-2-4-6-15)10-18-19(11-30-21)32-20(33)31-18;;;;;;;;;;/h2-9,12,17-18H,10-11H2,1H3,(H,32,33)(H2,30,31,34);2-9,13,18-19,30H,10-12H2,1H3,(H2,31,32,33);;;3*1H;;;;;/q;;;+3;;;;+1;;;;-1/p-3/t12-,17-,18?,21-;13-,18-,19?,21-;;;;;;;;;;/m11........../s1. The number of carbonyl (C=O) groups excluding carboxylic acids is 3. The summed E-state index contributed by atoms with van der Waals surface area (Å²) in [5, 5.41) is 17.1. The summed E-state index contributed by atoms with van der Waals surface area (Å²) in [7, 11) is 14.8. The van der Waals surface area contributed by atoms with E-state index in [-0.39, 0.29) is 98.7 Å². The van der Waals surface area contributed by atoms with Crippen LogP contribution >= 0.6 is 30.1 Å². The third-order valence-corrected chi connectivity index (χ3v) is 12.5. The fourth-order valence-electron chi connectivity index (χ4n) is 8.86. The van der Waals surface area contributed by atoms with E-state index in [1.54, 1.807) is 30.3 Å². The minimum Gasteiger partial charge on any atom is -1.00 e. The number of alkyl halides is 12. The maximum absolute atomic E-state index is 13.3. The van der Waals surface area contributed by atoms with Gasteiger partial charge in [0.15, 0.2) is 17.4 Å². The van der Waals surface area contributed by atoms with E-state index in [4.69, 9.17) is 39.6 Å². The van der Waals surface area contributed by atoms with Gasteiger partial charge in [-0.2, -0.15) is 52.7 Å². The quantitative estimate of drug-likeness (QED) is 0.0779. The Hall–Kier alpha value is -3.54. The molecule has 0 aliphatic carbocycles. The number of hydrogen-bond donors (Lipinski definition) is 6. The molecule has 2 unspecified atom stereocenters. The molecular weight excluding hydrogens is 1110 g/mol. The average Bonchev–Trinajstić information content (AvgIpc) is 3.89. The first-order valence-electron chi connectivity index (χ1n) is 22.0. The number of amides is 5. The van der Waals surface area contributed by atoms with Crippen LogP contribution < -0.4 is 50.8 Å². The van der Waals surface area contributed by atoms with Crippen LogP contribution in [-0.2, 0) is 50.1 Å². The largest absolute Gasteiger partial charge is 1.00 e. The van der Waals surface area contributed by atoms with Gasteiger partial charge in [-0.15, -0.1) is 0 Å². The van der Waals surface area contributed by atoms with Crippen molar-refractivity contribution < 1.29 is 96.8 Å². The molecule has 11 nitrogen and oxygen atoms in total. The van der Waals surface area contributed by atoms with Gasteiger partial charge in [-0.1, -0.05) is 60.7 Å². The molecule has 6 N–H and O–H groups in total. The number of fused-ring (bicyclic) bond motifs is 2. The van der Waals surface area contributed by atoms with Crippen molar-refractivity contribution in [3.63, 3.8) is 0 Å². The zero-order valence-corrected chi connectivity index (χ0v) is 42.4. The second-order valence-corrected chi connectivity index (χ2v) is 24.0. The molecule has 8 atom stereocenters. The monoisotopic (exact) mass is 1160 g/mol. The Labute approximate surface area is 463 Å². The number of benzene rings is 4. The van der Waals surface area contributed by atoms with Gasteiger partial charge in [0.25, 0.3) is 0 Å². The van der Waals surface area contributed by atoms with Crippen LogP contribution in [0.5, 0.6) is 0 Å². The molecule has 0 radical (unpaired) electrons. The molecule has 75 heavy (non-hydrogen) atoms. The van der Waals surface area contributed by atoms with Crippen molar-refractivity contribution in [1.29, 1.82) is 0 Å². The van der Waals surface area contributed by atoms with Crippen molar-refractivity contribution in [3.05, 3.63) is 142 Å². The van der Waals surface area contributed by atoms with Gasteiger partial charge >= 0.3 is 67.0 Å². The van der Waals surface area contributed by atoms with Crippen molar-refractivity contribution in [3.8, 4) is 0 Å². The van der Waals surface area contributed by atoms with E-state index in [1.165, 1.54) is 13.8 Å². The first-order valence-corrected chi connectivity index (χ1v) is 27.2. The zero-order chi connectivity index (χ0) is 53.9. The Morgan fingerprint density at radius 1 is 0.573 bits per heavy atom. The average molecular weight is 1160 g/mol. The molecular formula is C46H48Al2Cl3F12LiN6O5. The summed E-state index contributed by atoms with van der Waals surface area (Å²) in [6, 6.07) is 18.0. The minimum atomic E-state index is -4.99. The topological polar surface area (TPSA) is 142 Å². The van der Waals surface area contributed by atoms with Crippen LogP contribution in [0.2, 0.25) is 0 Å². The second-order valence-electron chi connectivity index (χ2n) is 17.5. The van der Waals surface area contributed by atoms with E-state index < -0.39 is 106 Å². The molecule has 4 aliphatic heterocycles. The zero-order valence-electron chi connectivity index (χ0n) is 40.0. The predicted octanol–water partition coefficient (Wildman–Crippen LogP) is 6.63. The molecule has 5 amide bonds. The summed E-state index contributed by atoms with van der Waals surface area (Å²) < 4.78 is 171. The van der Waals surface area contributed by atoms with E-state index in [0.29, 0.717) is 42.8 Å². The molecule has 4 fully saturated rings. The smallest absolute Gasteiger partial charge is 1.00 e. The number of halogens is 15. The van der Waals surface area contributed by atoms with Crippen LogP contribution in [0.3, 0.4) is 0 Å². The molecule has 0 spiro atoms. The number of hydrogen-bond acceptors (Lipinski definition) is 6. The Bertz CT molecular complexity index is 2540. The van der Waals surface area contributed by atoms with E-state index in [9.17, 15) is 67.1 Å². The SMILES string of the molecule is C[C@@H](OC[C@@]1(c2ccccc2)C[C@H]2NC(=O)NC2C(=O)N1)c1cc(C(F)(F)F)cc(C(F)(F)F)c1.C[C@@H](OC[C@@]1(c2ccccc2)C[C@H]2NC(=O)NC2CN1)c1cc(C(F)(F)F)cc(C(F)(F)F)c1.[AlH3].[Cl][Al]([Cl])[Cl].[H-].[Li+]. The maximum Gasteiger partial charge on any atom is 1.00 e. The summed E-state index contributed by atoms with van der Waals surface area (Å²) in [5.41, 5.74) is -6.73. The Balaban J connectivity index is 0.000000361. The van der Waals surface area contributed by atoms with E-state index >= 15 is 0 Å². The molecule has 0 saturated carbocycles. The van der Waals surface area contributed by atoms with Crippen molar-refractivity contribution in [1.82, 2.24) is 31.9 Å². The number of rotatable bonds is 10. The van der Waals surface area contributed by atoms with Gasteiger partial charge in [0, 0.05) is 6.54 Å². The summed E-state index contributed by atoms with van der Waals surface area (Å²) in [5.74, 6) is -0.488. The Morgan fingerprint density at radius 3 is 1.33 bits per heavy atom. The number of carbonyl (C=O) groups is 3. The molecule has 4 aromatic rings. The third kappa shape index (κ3) is 16.5. The molecule has 0 aromatic heterocycles. The molecule has 4 aliphatic rings. The fraction of sp³-hybridized carbons (Fsp3) is 0.413. The molecule has 404 valence electrons. The van der Waals surface area contributed by atoms with Crippen molar-refractivity contribution >= 4 is 76.9 Å². The van der Waals surface area contributed by atoms with Gasteiger partial charge < -0.3 is 42.8 Å². The summed E-state index contributed by atoms with van der Waals surface area (Å²) in [4.78, 5) is 36.3. The van der Waals surface area contributed by atoms with Gasteiger partial charge in [-0.25, -0.2) is 39.7 Å². The normalized spacial score (nSPS) is 23.9. The minimum absolute atomic E-state index is 0. The van der Waals surface area contributed by atoms with Gasteiger partial charge in [0.2, 0.25) is 5.91 Å². The van der Waals surface area contributed by atoms with Gasteiger partial charge in [-0.3, -0.25) is 4.79 Å². The second kappa shape index (κ2) is 25.5. The number of urea groups is 2. The Kier molecular flexibility index (Phi) is 21.8. The van der Waals surface area contributed by atoms with Crippen LogP contribution in [0.15, 0.2) is 97.1 Å². The molecule has 29 heteroatoms. The number of piperidine rings is 2. The first kappa shape index (κ1) is 64.0. The molecule has 0 bridgehead atoms. The third-order valence-electron chi connectivity index (χ3n) is 12.5. The van der Waals surface area contributed by atoms with Crippen LogP contribution in [0.1, 0.15) is 84.8 Å². The molecule has 4 saturated heterocycles. The van der Waals surface area contributed by atoms with Crippen LogP contribution in [-0.4, -0.2) is 90.6 Å². The van der Waals surface area contributed by atoms with Crippen molar-refractivity contribution in [2.45, 2.75) is 98.8 Å². The van der Waals surface area contributed by atoms with Crippen LogP contribution in [0, 0.1) is 0 Å². The van der Waals surface area contributed by atoms with E-state index in [1.807, 2.05) is 30.3 Å². The van der Waals surface area contributed by atoms with Crippen LogP contribution in [0.25, 0.3) is 0 Å². The molecule has 4 aromatic carbocycles. The number of ether oxygens (including phenoxy) is 2. The first-order chi connectivity index (χ1) is 33.9. The Morgan fingerprint density at radius 2 is 0.920 bits per heavy atom. The number of nitrogens with one attached hydrogen (secondary N) is 6. The van der Waals surface area contributed by atoms with Gasteiger partial charge in [0.1, 0.15) is 6.04 Å². The molecule has 4 heterocycles. The summed E-state index contributed by atoms with van der Waals surface area (Å²) >= 11 is -1.72. The summed E-state index contributed by atoms with van der Waals surface area (Å²) in [6.45, 7) is 2.87.